The van der Waals surface area contributed by atoms with Crippen LogP contribution in [0.4, 0.5) is 11.4 Å². The van der Waals surface area contributed by atoms with Crippen LogP contribution in [0.1, 0.15) is 10.0 Å². The van der Waals surface area contributed by atoms with E-state index in [1.165, 1.54) is 46.2 Å². The summed E-state index contributed by atoms with van der Waals surface area (Å²) in [5.74, 6) is 0.218. The van der Waals surface area contributed by atoms with Gasteiger partial charge in [-0.3, -0.25) is 9.59 Å². The van der Waals surface area contributed by atoms with E-state index in [9.17, 15) is 9.59 Å². The molecule has 0 saturated carbocycles. The number of nitrogens with zero attached hydrogens (tertiary/aromatic N) is 4. The Balaban J connectivity index is 1.42. The number of benzene rings is 2. The fourth-order valence-electron chi connectivity index (χ4n) is 2.83. The van der Waals surface area contributed by atoms with Gasteiger partial charge >= 0.3 is 0 Å². The molecule has 2 heterocycles. The van der Waals surface area contributed by atoms with Gasteiger partial charge in [0, 0.05) is 22.1 Å². The molecule has 8 nitrogen and oxygen atoms in total. The van der Waals surface area contributed by atoms with Gasteiger partial charge in [-0.2, -0.15) is 0 Å². The summed E-state index contributed by atoms with van der Waals surface area (Å²) in [6, 6.07) is 11.2. The maximum absolute atomic E-state index is 12.5. The van der Waals surface area contributed by atoms with E-state index >= 15 is 0 Å². The molecule has 2 aromatic heterocycles. The standard InChI is InChI=1S/C20H18N6O2S4/c1-11-23-25-19(31-11)29-9-17(27)21-15-7-3-6-14-13(15)5-4-8-16(14)22-18(28)10-30-20-26-24-12(2)32-20/h3-8H,9-10H2,1-2H3,(H,21,27)(H,22,28). The van der Waals surface area contributed by atoms with E-state index in [4.69, 9.17) is 0 Å². The first kappa shape index (κ1) is 22.6. The summed E-state index contributed by atoms with van der Waals surface area (Å²) in [4.78, 5) is 24.9. The third kappa shape index (κ3) is 5.82. The van der Waals surface area contributed by atoms with E-state index in [0.29, 0.717) is 11.4 Å². The normalized spacial score (nSPS) is 10.9. The number of hydrogen-bond acceptors (Lipinski definition) is 10. The molecule has 4 rings (SSSR count). The fourth-order valence-corrected chi connectivity index (χ4v) is 6.06. The lowest BCUT2D eigenvalue weighted by Gasteiger charge is -2.12. The Morgan fingerprint density at radius 1 is 0.750 bits per heavy atom. The average molecular weight is 503 g/mol. The lowest BCUT2D eigenvalue weighted by atomic mass is 10.1. The van der Waals surface area contributed by atoms with Crippen LogP contribution in [0.15, 0.2) is 45.1 Å². The highest BCUT2D eigenvalue weighted by atomic mass is 32.2. The Labute approximate surface area is 200 Å². The average Bonchev–Trinajstić information content (AvgIpc) is 3.39. The molecule has 2 aromatic carbocycles. The van der Waals surface area contributed by atoms with Crippen LogP contribution in [-0.4, -0.2) is 43.7 Å². The van der Waals surface area contributed by atoms with Crippen molar-refractivity contribution < 1.29 is 9.59 Å². The second-order valence-corrected chi connectivity index (χ2v) is 11.4. The van der Waals surface area contributed by atoms with Crippen molar-refractivity contribution in [2.75, 3.05) is 22.1 Å². The van der Waals surface area contributed by atoms with Crippen molar-refractivity contribution in [3.63, 3.8) is 0 Å². The van der Waals surface area contributed by atoms with Crippen molar-refractivity contribution in [1.82, 2.24) is 20.4 Å². The molecule has 164 valence electrons. The monoisotopic (exact) mass is 502 g/mol. The van der Waals surface area contributed by atoms with Crippen molar-refractivity contribution in [3.8, 4) is 0 Å². The summed E-state index contributed by atoms with van der Waals surface area (Å²) < 4.78 is 1.53. The van der Waals surface area contributed by atoms with Crippen molar-refractivity contribution >= 4 is 80.2 Å². The maximum Gasteiger partial charge on any atom is 0.234 e. The first-order valence-electron chi connectivity index (χ1n) is 9.45. The van der Waals surface area contributed by atoms with Gasteiger partial charge in [-0.15, -0.1) is 20.4 Å². The number of carbonyl (C=O) groups is 2. The molecule has 32 heavy (non-hydrogen) atoms. The third-order valence-electron chi connectivity index (χ3n) is 4.14. The van der Waals surface area contributed by atoms with E-state index in [2.05, 4.69) is 31.0 Å². The van der Waals surface area contributed by atoms with E-state index in [-0.39, 0.29) is 23.3 Å². The molecule has 0 spiro atoms. The summed E-state index contributed by atoms with van der Waals surface area (Å²) in [5.41, 5.74) is 1.38. The fraction of sp³-hybridized carbons (Fsp3) is 0.200. The predicted molar refractivity (Wildman–Crippen MR) is 132 cm³/mol. The first-order valence-corrected chi connectivity index (χ1v) is 13.1. The molecular weight excluding hydrogens is 485 g/mol. The molecule has 4 aromatic rings. The van der Waals surface area contributed by atoms with E-state index < -0.39 is 0 Å². The van der Waals surface area contributed by atoms with E-state index in [0.717, 1.165) is 29.5 Å². The number of thioether (sulfide) groups is 2. The van der Waals surface area contributed by atoms with Crippen LogP contribution in [0.3, 0.4) is 0 Å². The zero-order chi connectivity index (χ0) is 22.5. The van der Waals surface area contributed by atoms with Gasteiger partial charge in [-0.05, 0) is 26.0 Å². The van der Waals surface area contributed by atoms with Crippen molar-refractivity contribution in [2.24, 2.45) is 0 Å². The quantitative estimate of drug-likeness (QED) is 0.336. The molecular formula is C20H18N6O2S4. The van der Waals surface area contributed by atoms with Gasteiger partial charge < -0.3 is 10.6 Å². The molecule has 0 aliphatic rings. The van der Waals surface area contributed by atoms with Gasteiger partial charge in [0.1, 0.15) is 10.0 Å². The van der Waals surface area contributed by atoms with E-state index in [1.807, 2.05) is 50.2 Å². The third-order valence-corrected chi connectivity index (χ3v) is 8.08. The topological polar surface area (TPSA) is 110 Å². The number of rotatable bonds is 8. The van der Waals surface area contributed by atoms with Gasteiger partial charge in [0.2, 0.25) is 11.8 Å². The molecule has 0 radical (unpaired) electrons. The van der Waals surface area contributed by atoms with Gasteiger partial charge in [-0.1, -0.05) is 70.5 Å². The Morgan fingerprint density at radius 2 is 1.19 bits per heavy atom. The molecule has 0 unspecified atom stereocenters. The second-order valence-electron chi connectivity index (χ2n) is 6.55. The zero-order valence-electron chi connectivity index (χ0n) is 17.1. The maximum atomic E-state index is 12.5. The lowest BCUT2D eigenvalue weighted by Crippen LogP contribution is -2.15. The number of anilines is 2. The van der Waals surface area contributed by atoms with Gasteiger partial charge in [0.05, 0.1) is 11.5 Å². The largest absolute Gasteiger partial charge is 0.325 e. The molecule has 0 aliphatic carbocycles. The Bertz CT molecular complexity index is 1170. The highest BCUT2D eigenvalue weighted by molar-refractivity contribution is 8.01. The van der Waals surface area contributed by atoms with Crippen LogP contribution in [0.5, 0.6) is 0 Å². The first-order chi connectivity index (χ1) is 15.5. The number of hydrogen-bond donors (Lipinski definition) is 2. The van der Waals surface area contributed by atoms with Crippen molar-refractivity contribution in [3.05, 3.63) is 46.4 Å². The lowest BCUT2D eigenvalue weighted by molar-refractivity contribution is -0.114. The highest BCUT2D eigenvalue weighted by Crippen LogP contribution is 2.30. The van der Waals surface area contributed by atoms with Crippen molar-refractivity contribution in [1.29, 1.82) is 0 Å². The number of aromatic nitrogens is 4. The summed E-state index contributed by atoms with van der Waals surface area (Å²) in [6.45, 7) is 3.76. The Morgan fingerprint density at radius 3 is 1.56 bits per heavy atom. The highest BCUT2D eigenvalue weighted by Gasteiger charge is 2.12. The number of fused-ring (bicyclic) bond motifs is 1. The van der Waals surface area contributed by atoms with Crippen LogP contribution in [0, 0.1) is 13.8 Å². The van der Waals surface area contributed by atoms with Gasteiger partial charge in [0.25, 0.3) is 0 Å². The molecule has 0 bridgehead atoms. The molecule has 2 amide bonds. The van der Waals surface area contributed by atoms with Gasteiger partial charge in [0.15, 0.2) is 8.68 Å². The summed E-state index contributed by atoms with van der Waals surface area (Å²) in [7, 11) is 0. The molecule has 0 fully saturated rings. The van der Waals surface area contributed by atoms with Crippen molar-refractivity contribution in [2.45, 2.75) is 22.5 Å². The van der Waals surface area contributed by atoms with Crippen LogP contribution in [-0.2, 0) is 9.59 Å². The zero-order valence-corrected chi connectivity index (χ0v) is 20.4. The van der Waals surface area contributed by atoms with Crippen LogP contribution in [0.2, 0.25) is 0 Å². The summed E-state index contributed by atoms with van der Waals surface area (Å²) in [6.07, 6.45) is 0. The summed E-state index contributed by atoms with van der Waals surface area (Å²) >= 11 is 5.63. The second kappa shape index (κ2) is 10.4. The molecule has 12 heteroatoms. The molecule has 0 atom stereocenters. The van der Waals surface area contributed by atoms with Crippen LogP contribution in [0.25, 0.3) is 10.8 Å². The summed E-state index contributed by atoms with van der Waals surface area (Å²) in [5, 5.41) is 25.3. The molecule has 0 saturated heterocycles. The number of aryl methyl sites for hydroxylation is 2. The van der Waals surface area contributed by atoms with E-state index in [1.54, 1.807) is 0 Å². The van der Waals surface area contributed by atoms with Gasteiger partial charge in [-0.25, -0.2) is 0 Å². The minimum atomic E-state index is -0.131. The SMILES string of the molecule is Cc1nnc(SCC(=O)Nc2cccc3c(NC(=O)CSc4nnc(C)s4)cccc23)s1. The molecule has 0 aliphatic heterocycles. The minimum absolute atomic E-state index is 0.131. The molecule has 2 N–H and O–H groups in total. The number of carbonyl (C=O) groups excluding carboxylic acids is 2. The Kier molecular flexibility index (Phi) is 7.35. The minimum Gasteiger partial charge on any atom is -0.325 e. The van der Waals surface area contributed by atoms with Crippen LogP contribution >= 0.6 is 46.2 Å². The number of amides is 2. The predicted octanol–water partition coefficient (Wildman–Crippen LogP) is 4.62. The smallest absolute Gasteiger partial charge is 0.234 e. The Hall–Kier alpha value is -2.54. The van der Waals surface area contributed by atoms with Crippen LogP contribution < -0.4 is 10.6 Å². The number of nitrogens with one attached hydrogen (secondary N) is 2.